The smallest absolute Gasteiger partial charge is 0.338 e. The van der Waals surface area contributed by atoms with Gasteiger partial charge in [-0.25, -0.2) is 10.0 Å². The van der Waals surface area contributed by atoms with Crippen molar-refractivity contribution in [2.75, 3.05) is 7.11 Å². The minimum absolute atomic E-state index is 0.0221. The van der Waals surface area contributed by atoms with Crippen molar-refractivity contribution in [3.05, 3.63) is 64.9 Å². The van der Waals surface area contributed by atoms with Gasteiger partial charge in [0, 0.05) is 6.07 Å². The van der Waals surface area contributed by atoms with Crippen molar-refractivity contribution in [2.24, 2.45) is 0 Å². The summed E-state index contributed by atoms with van der Waals surface area (Å²) in [5.74, 6) is 0.0684. The van der Waals surface area contributed by atoms with E-state index in [0.717, 1.165) is 0 Å². The molecule has 1 atom stereocenters. The molecule has 0 aliphatic heterocycles. The first-order chi connectivity index (χ1) is 10.1. The van der Waals surface area contributed by atoms with Gasteiger partial charge in [0.25, 0.3) is 0 Å². The van der Waals surface area contributed by atoms with Crippen LogP contribution in [0, 0.1) is 5.21 Å². The number of hydrogen-bond acceptors (Lipinski definition) is 5. The molecule has 0 radical (unpaired) electrons. The highest BCUT2D eigenvalue weighted by Crippen LogP contribution is 2.18. The van der Waals surface area contributed by atoms with Crippen molar-refractivity contribution in [1.29, 1.82) is 0 Å². The summed E-state index contributed by atoms with van der Waals surface area (Å²) in [5.41, 5.74) is 0.700. The van der Waals surface area contributed by atoms with Crippen LogP contribution in [0.1, 0.15) is 15.9 Å². The van der Waals surface area contributed by atoms with Crippen LogP contribution in [0.25, 0.3) is 0 Å². The van der Waals surface area contributed by atoms with Crippen LogP contribution in [-0.2, 0) is 11.3 Å². The van der Waals surface area contributed by atoms with Gasteiger partial charge in [-0.3, -0.25) is 0 Å². The highest BCUT2D eigenvalue weighted by atomic mass is 16.8. The van der Waals surface area contributed by atoms with Crippen LogP contribution in [0.2, 0.25) is 0 Å². The summed E-state index contributed by atoms with van der Waals surface area (Å²) < 4.78 is 10.1. The van der Waals surface area contributed by atoms with Gasteiger partial charge < -0.3 is 14.7 Å². The van der Waals surface area contributed by atoms with Gasteiger partial charge in [-0.2, -0.15) is 5.23 Å². The average molecular weight is 289 g/mol. The molecule has 0 aliphatic carbocycles. The molecule has 0 aliphatic rings. The van der Waals surface area contributed by atoms with Crippen molar-refractivity contribution in [2.45, 2.75) is 6.61 Å². The summed E-state index contributed by atoms with van der Waals surface area (Å²) in [7, 11) is 1.25. The van der Waals surface area contributed by atoms with Crippen molar-refractivity contribution in [3.63, 3.8) is 0 Å². The monoisotopic (exact) mass is 289 g/mol. The van der Waals surface area contributed by atoms with Gasteiger partial charge in [0.05, 0.1) is 18.2 Å². The van der Waals surface area contributed by atoms with Crippen molar-refractivity contribution in [1.82, 2.24) is 0 Å². The van der Waals surface area contributed by atoms with Crippen LogP contribution < -0.4 is 9.96 Å². The fourth-order valence-electron chi connectivity index (χ4n) is 1.82. The van der Waals surface area contributed by atoms with Crippen molar-refractivity contribution >= 4 is 11.7 Å². The molecule has 110 valence electrons. The first-order valence-corrected chi connectivity index (χ1v) is 6.24. The highest BCUT2D eigenvalue weighted by Gasteiger charge is 2.15. The van der Waals surface area contributed by atoms with E-state index in [4.69, 9.17) is 4.74 Å². The molecule has 2 aromatic carbocycles. The molecule has 6 heteroatoms. The first kappa shape index (κ1) is 15.0. The molecule has 6 nitrogen and oxygen atoms in total. The Bertz CT molecular complexity index is 613. The third-order valence-electron chi connectivity index (χ3n) is 2.90. The van der Waals surface area contributed by atoms with E-state index in [2.05, 4.69) is 4.74 Å². The molecule has 0 saturated carbocycles. The number of rotatable bonds is 5. The fraction of sp³-hybridized carbons (Fsp3) is 0.133. The Kier molecular flexibility index (Phi) is 4.89. The molecule has 0 aromatic heterocycles. The second-order valence-electron chi connectivity index (χ2n) is 4.27. The van der Waals surface area contributed by atoms with Gasteiger partial charge in [0.15, 0.2) is 5.69 Å². The Labute approximate surface area is 121 Å². The topological polar surface area (TPSA) is 83.3 Å². The van der Waals surface area contributed by atoms with Crippen LogP contribution in [0.5, 0.6) is 5.75 Å². The predicted molar refractivity (Wildman–Crippen MR) is 74.3 cm³/mol. The number of esters is 1. The summed E-state index contributed by atoms with van der Waals surface area (Å²) in [6, 6.07) is 13.4. The number of benzene rings is 2. The number of carbonyl (C=O) groups excluding carboxylic acids is 1. The Balaban J connectivity index is 2.20. The molecule has 21 heavy (non-hydrogen) atoms. The number of para-hydroxylation sites is 1. The molecule has 0 heterocycles. The molecule has 0 saturated heterocycles. The zero-order valence-electron chi connectivity index (χ0n) is 11.4. The minimum atomic E-state index is -1.12. The van der Waals surface area contributed by atoms with Gasteiger partial charge in [-0.15, -0.1) is 0 Å². The standard InChI is InChI=1S/C15H15NO5/c1-20-15(17)11-7-8-12(14(9-11)16(18)19)10-21-13-5-3-2-4-6-13/h2-9,16,18H,10H2,1H3. The molecule has 0 amide bonds. The number of nitrogens with one attached hydrogen (secondary N) is 1. The van der Waals surface area contributed by atoms with E-state index in [1.165, 1.54) is 19.2 Å². The van der Waals surface area contributed by atoms with Gasteiger partial charge >= 0.3 is 5.97 Å². The first-order valence-electron chi connectivity index (χ1n) is 6.24. The maximum absolute atomic E-state index is 11.4. The fourth-order valence-corrected chi connectivity index (χ4v) is 1.82. The quantitative estimate of drug-likeness (QED) is 0.643. The van der Waals surface area contributed by atoms with E-state index in [1.807, 2.05) is 18.2 Å². The largest absolute Gasteiger partial charge is 0.595 e. The van der Waals surface area contributed by atoms with Crippen LogP contribution >= 0.6 is 0 Å². The van der Waals surface area contributed by atoms with Crippen LogP contribution in [0.3, 0.4) is 0 Å². The lowest BCUT2D eigenvalue weighted by Crippen LogP contribution is -2.99. The number of ether oxygens (including phenoxy) is 2. The molecular weight excluding hydrogens is 274 g/mol. The van der Waals surface area contributed by atoms with Crippen molar-refractivity contribution < 1.29 is 24.7 Å². The van der Waals surface area contributed by atoms with E-state index in [-0.39, 0.29) is 17.9 Å². The van der Waals surface area contributed by atoms with E-state index in [9.17, 15) is 15.2 Å². The molecule has 2 aromatic rings. The molecule has 0 spiro atoms. The van der Waals surface area contributed by atoms with Crippen LogP contribution in [0.4, 0.5) is 5.69 Å². The van der Waals surface area contributed by atoms with Gasteiger partial charge in [-0.05, 0) is 24.3 Å². The minimum Gasteiger partial charge on any atom is -0.595 e. The predicted octanol–water partition coefficient (Wildman–Crippen LogP) is 1.46. The summed E-state index contributed by atoms with van der Waals surface area (Å²) >= 11 is 0. The Morgan fingerprint density at radius 3 is 2.57 bits per heavy atom. The number of quaternary nitrogens is 1. The third kappa shape index (κ3) is 3.79. The lowest BCUT2D eigenvalue weighted by Gasteiger charge is -2.17. The summed E-state index contributed by atoms with van der Waals surface area (Å²) in [4.78, 5) is 11.4. The van der Waals surface area contributed by atoms with E-state index < -0.39 is 11.2 Å². The Morgan fingerprint density at radius 2 is 1.95 bits per heavy atom. The summed E-state index contributed by atoms with van der Waals surface area (Å²) in [6.07, 6.45) is 0. The normalized spacial score (nSPS) is 11.8. The highest BCUT2D eigenvalue weighted by molar-refractivity contribution is 5.90. The molecule has 2 N–H and O–H groups in total. The number of hydrogen-bond donors (Lipinski definition) is 2. The molecule has 1 unspecified atom stereocenters. The molecular formula is C15H15NO5. The van der Waals surface area contributed by atoms with E-state index >= 15 is 0 Å². The Hall–Kier alpha value is -2.41. The van der Waals surface area contributed by atoms with E-state index in [0.29, 0.717) is 11.3 Å². The lowest BCUT2D eigenvalue weighted by molar-refractivity contribution is -0.991. The van der Waals surface area contributed by atoms with Crippen LogP contribution in [-0.4, -0.2) is 18.3 Å². The van der Waals surface area contributed by atoms with Crippen molar-refractivity contribution in [3.8, 4) is 5.75 Å². The van der Waals surface area contributed by atoms with Crippen LogP contribution in [0.15, 0.2) is 48.5 Å². The van der Waals surface area contributed by atoms with E-state index in [1.54, 1.807) is 18.2 Å². The zero-order valence-corrected chi connectivity index (χ0v) is 11.4. The number of carbonyl (C=O) groups is 1. The summed E-state index contributed by atoms with van der Waals surface area (Å²) in [5, 5.41) is 19.4. The lowest BCUT2D eigenvalue weighted by atomic mass is 10.1. The second-order valence-corrected chi connectivity index (χ2v) is 4.27. The second kappa shape index (κ2) is 6.85. The Morgan fingerprint density at radius 1 is 1.24 bits per heavy atom. The zero-order chi connectivity index (χ0) is 15.2. The third-order valence-corrected chi connectivity index (χ3v) is 2.90. The number of methoxy groups -OCH3 is 1. The molecule has 0 bridgehead atoms. The van der Waals surface area contributed by atoms with Gasteiger partial charge in [0.1, 0.15) is 12.4 Å². The SMILES string of the molecule is COC(=O)c1ccc(COc2ccccc2)c([NH+]([O-])O)c1. The maximum Gasteiger partial charge on any atom is 0.338 e. The molecule has 2 rings (SSSR count). The average Bonchev–Trinajstić information content (AvgIpc) is 2.52. The van der Waals surface area contributed by atoms with Gasteiger partial charge in [0.2, 0.25) is 0 Å². The van der Waals surface area contributed by atoms with Gasteiger partial charge in [-0.1, -0.05) is 18.2 Å². The summed E-state index contributed by atoms with van der Waals surface area (Å²) in [6.45, 7) is 0.104. The molecule has 0 fully saturated rings. The maximum atomic E-state index is 11.4.